The van der Waals surface area contributed by atoms with Gasteiger partial charge in [0.15, 0.2) is 0 Å². The van der Waals surface area contributed by atoms with Crippen molar-refractivity contribution in [3.8, 4) is 0 Å². The van der Waals surface area contributed by atoms with Gasteiger partial charge in [-0.2, -0.15) is 0 Å². The Bertz CT molecular complexity index is 288. The quantitative estimate of drug-likeness (QED) is 0.341. The molecule has 5 atom stereocenters. The summed E-state index contributed by atoms with van der Waals surface area (Å²) < 4.78 is 4.96. The average Bonchev–Trinajstić information content (AvgIpc) is 2.25. The van der Waals surface area contributed by atoms with Crippen molar-refractivity contribution in [2.75, 3.05) is 6.61 Å². The van der Waals surface area contributed by atoms with Crippen LogP contribution >= 0.6 is 0 Å². The molecule has 0 bridgehead atoms. The van der Waals surface area contributed by atoms with Crippen LogP contribution in [0.4, 0.5) is 0 Å². The van der Waals surface area contributed by atoms with Crippen LogP contribution in [0.25, 0.3) is 0 Å². The van der Waals surface area contributed by atoms with Crippen LogP contribution in [0.5, 0.6) is 0 Å². The van der Waals surface area contributed by atoms with E-state index in [9.17, 15) is 20.1 Å². The zero-order chi connectivity index (χ0) is 12.5. The fourth-order valence-corrected chi connectivity index (χ4v) is 1.51. The summed E-state index contributed by atoms with van der Waals surface area (Å²) in [5.41, 5.74) is -0.447. The Morgan fingerprint density at radius 1 is 1.19 bits per heavy atom. The summed E-state index contributed by atoms with van der Waals surface area (Å²) in [6.45, 7) is 2.59. The number of aliphatic hydroxyl groups excluding tert-OH is 4. The molecule has 1 heterocycles. The van der Waals surface area contributed by atoms with Gasteiger partial charge in [0.25, 0.3) is 0 Å². The summed E-state index contributed by atoms with van der Waals surface area (Å²) in [4.78, 5) is 10.6. The van der Waals surface area contributed by atoms with Gasteiger partial charge in [0, 0.05) is 0 Å². The topological polar surface area (TPSA) is 127 Å². The molecule has 7 heteroatoms. The highest BCUT2D eigenvalue weighted by Gasteiger charge is 2.45. The number of aliphatic carboxylic acids is 1. The molecule has 1 aliphatic heterocycles. The van der Waals surface area contributed by atoms with E-state index in [-0.39, 0.29) is 0 Å². The van der Waals surface area contributed by atoms with Gasteiger partial charge >= 0.3 is 5.97 Å². The van der Waals surface area contributed by atoms with Crippen LogP contribution < -0.4 is 0 Å². The first-order chi connectivity index (χ1) is 7.40. The number of carboxylic acids is 1. The van der Waals surface area contributed by atoms with Gasteiger partial charge in [-0.15, -0.1) is 0 Å². The van der Waals surface area contributed by atoms with E-state index in [1.807, 2.05) is 0 Å². The maximum Gasteiger partial charge on any atom is 0.333 e. The van der Waals surface area contributed by atoms with Gasteiger partial charge in [-0.1, -0.05) is 6.58 Å². The van der Waals surface area contributed by atoms with E-state index in [0.717, 1.165) is 0 Å². The minimum absolute atomic E-state index is 0.447. The molecule has 1 unspecified atom stereocenters. The lowest BCUT2D eigenvalue weighted by Gasteiger charge is -2.40. The van der Waals surface area contributed by atoms with Gasteiger partial charge in [-0.3, -0.25) is 0 Å². The van der Waals surface area contributed by atoms with Crippen LogP contribution in [-0.4, -0.2) is 68.6 Å². The van der Waals surface area contributed by atoms with Crippen molar-refractivity contribution in [1.82, 2.24) is 0 Å². The zero-order valence-corrected chi connectivity index (χ0v) is 8.35. The van der Waals surface area contributed by atoms with Crippen molar-refractivity contribution < 1.29 is 35.1 Å². The fourth-order valence-electron chi connectivity index (χ4n) is 1.51. The van der Waals surface area contributed by atoms with Crippen LogP contribution in [0.3, 0.4) is 0 Å². The molecule has 1 saturated heterocycles. The third kappa shape index (κ3) is 2.23. The van der Waals surface area contributed by atoms with Crippen LogP contribution in [0.2, 0.25) is 0 Å². The van der Waals surface area contributed by atoms with Crippen molar-refractivity contribution in [2.45, 2.75) is 30.5 Å². The first kappa shape index (κ1) is 13.1. The number of carbonyl (C=O) groups is 1. The fraction of sp³-hybridized carbons (Fsp3) is 0.667. The summed E-state index contributed by atoms with van der Waals surface area (Å²) >= 11 is 0. The van der Waals surface area contributed by atoms with Gasteiger partial charge in [-0.25, -0.2) is 4.79 Å². The van der Waals surface area contributed by atoms with Crippen LogP contribution in [-0.2, 0) is 9.53 Å². The highest BCUT2D eigenvalue weighted by molar-refractivity contribution is 5.87. The number of aliphatic hydroxyl groups is 4. The normalized spacial score (nSPS) is 39.4. The SMILES string of the molecule is C=C(C(=O)O)C1O[C@H](CO)[C@@H](O)[C@H](O)[C@H]1O. The van der Waals surface area contributed by atoms with Gasteiger partial charge in [0.1, 0.15) is 30.5 Å². The first-order valence-corrected chi connectivity index (χ1v) is 4.62. The molecule has 0 radical (unpaired) electrons. The Balaban J connectivity index is 2.86. The maximum absolute atomic E-state index is 10.6. The monoisotopic (exact) mass is 234 g/mol. The third-order valence-electron chi connectivity index (χ3n) is 2.51. The van der Waals surface area contributed by atoms with Gasteiger partial charge in [0.05, 0.1) is 12.2 Å². The second-order valence-corrected chi connectivity index (χ2v) is 3.58. The molecule has 1 fully saturated rings. The van der Waals surface area contributed by atoms with Gasteiger partial charge in [0.2, 0.25) is 0 Å². The lowest BCUT2D eigenvalue weighted by Crippen LogP contribution is -2.59. The largest absolute Gasteiger partial charge is 0.478 e. The molecule has 0 aliphatic carbocycles. The van der Waals surface area contributed by atoms with E-state index in [4.69, 9.17) is 14.9 Å². The summed E-state index contributed by atoms with van der Waals surface area (Å²) in [5, 5.41) is 45.8. The van der Waals surface area contributed by atoms with E-state index in [2.05, 4.69) is 6.58 Å². The summed E-state index contributed by atoms with van der Waals surface area (Å²) in [6.07, 6.45) is -7.17. The van der Waals surface area contributed by atoms with E-state index in [0.29, 0.717) is 0 Å². The second kappa shape index (κ2) is 4.89. The molecule has 0 aromatic rings. The number of carboxylic acid groups (broad SMARTS) is 1. The molecule has 5 N–H and O–H groups in total. The lowest BCUT2D eigenvalue weighted by atomic mass is 9.92. The van der Waals surface area contributed by atoms with E-state index < -0.39 is 48.7 Å². The summed E-state index contributed by atoms with van der Waals surface area (Å²) in [5.74, 6) is -1.38. The molecule has 92 valence electrons. The Kier molecular flexibility index (Phi) is 4.00. The molecular formula is C9H14O7. The summed E-state index contributed by atoms with van der Waals surface area (Å²) in [7, 11) is 0. The Morgan fingerprint density at radius 3 is 2.19 bits per heavy atom. The predicted octanol–water partition coefficient (Wildman–Crippen LogP) is -2.53. The highest BCUT2D eigenvalue weighted by atomic mass is 16.5. The maximum atomic E-state index is 10.6. The van der Waals surface area contributed by atoms with E-state index in [1.165, 1.54) is 0 Å². The molecule has 0 spiro atoms. The summed E-state index contributed by atoms with van der Waals surface area (Å²) in [6, 6.07) is 0. The Morgan fingerprint density at radius 2 is 1.75 bits per heavy atom. The Labute approximate surface area is 91.2 Å². The molecule has 7 nitrogen and oxygen atoms in total. The van der Waals surface area contributed by atoms with Crippen LogP contribution in [0.15, 0.2) is 12.2 Å². The second-order valence-electron chi connectivity index (χ2n) is 3.58. The van der Waals surface area contributed by atoms with Crippen molar-refractivity contribution >= 4 is 5.97 Å². The van der Waals surface area contributed by atoms with Gasteiger partial charge < -0.3 is 30.3 Å². The van der Waals surface area contributed by atoms with Crippen molar-refractivity contribution in [1.29, 1.82) is 0 Å². The molecule has 1 rings (SSSR count). The number of ether oxygens (including phenoxy) is 1. The van der Waals surface area contributed by atoms with Crippen LogP contribution in [0, 0.1) is 0 Å². The number of hydrogen-bond acceptors (Lipinski definition) is 6. The van der Waals surface area contributed by atoms with E-state index in [1.54, 1.807) is 0 Å². The Hall–Kier alpha value is -0.990. The third-order valence-corrected chi connectivity index (χ3v) is 2.51. The standard InChI is InChI=1S/C9H14O7/c1-3(9(14)15)8-7(13)6(12)5(11)4(2-10)16-8/h4-8,10-13H,1-2H2,(H,14,15)/t4-,5-,6+,7-,8?/m1/s1. The molecule has 0 aromatic carbocycles. The lowest BCUT2D eigenvalue weighted by molar-refractivity contribution is -0.220. The minimum atomic E-state index is -1.60. The van der Waals surface area contributed by atoms with Crippen LogP contribution in [0.1, 0.15) is 0 Å². The predicted molar refractivity (Wildman–Crippen MR) is 50.5 cm³/mol. The van der Waals surface area contributed by atoms with Gasteiger partial charge in [-0.05, 0) is 0 Å². The molecule has 0 saturated carbocycles. The number of rotatable bonds is 3. The molecule has 0 amide bonds. The average molecular weight is 234 g/mol. The highest BCUT2D eigenvalue weighted by Crippen LogP contribution is 2.25. The molecular weight excluding hydrogens is 220 g/mol. The smallest absolute Gasteiger partial charge is 0.333 e. The first-order valence-electron chi connectivity index (χ1n) is 4.62. The van der Waals surface area contributed by atoms with Crippen molar-refractivity contribution in [2.24, 2.45) is 0 Å². The number of hydrogen-bond donors (Lipinski definition) is 5. The molecule has 16 heavy (non-hydrogen) atoms. The molecule has 1 aliphatic rings. The van der Waals surface area contributed by atoms with Crippen molar-refractivity contribution in [3.63, 3.8) is 0 Å². The minimum Gasteiger partial charge on any atom is -0.478 e. The van der Waals surface area contributed by atoms with Crippen molar-refractivity contribution in [3.05, 3.63) is 12.2 Å². The molecule has 0 aromatic heterocycles. The zero-order valence-electron chi connectivity index (χ0n) is 8.35. The van der Waals surface area contributed by atoms with E-state index >= 15 is 0 Å².